The summed E-state index contributed by atoms with van der Waals surface area (Å²) in [6, 6.07) is 8.06. The van der Waals surface area contributed by atoms with Crippen LogP contribution in [0.3, 0.4) is 0 Å². The third-order valence-electron chi connectivity index (χ3n) is 4.24. The molecule has 1 N–H and O–H groups in total. The summed E-state index contributed by atoms with van der Waals surface area (Å²) in [4.78, 5) is 18.5. The molecule has 3 rings (SSSR count). The molecule has 0 aliphatic heterocycles. The van der Waals surface area contributed by atoms with E-state index in [4.69, 9.17) is 0 Å². The van der Waals surface area contributed by atoms with Crippen molar-refractivity contribution in [3.05, 3.63) is 69.9 Å². The van der Waals surface area contributed by atoms with Gasteiger partial charge >= 0.3 is 6.18 Å². The van der Waals surface area contributed by atoms with E-state index in [1.54, 1.807) is 23.9 Å². The first-order chi connectivity index (χ1) is 12.8. The first-order valence-electron chi connectivity index (χ1n) is 8.58. The number of alkyl halides is 3. The Morgan fingerprint density at radius 1 is 1.15 bits per heavy atom. The number of nitrogens with zero attached hydrogens (tertiary/aromatic N) is 3. The zero-order valence-electron chi connectivity index (χ0n) is 14.9. The van der Waals surface area contributed by atoms with Crippen molar-refractivity contribution in [2.45, 2.75) is 38.9 Å². The lowest BCUT2D eigenvalue weighted by molar-refractivity contribution is -0.137. The van der Waals surface area contributed by atoms with Crippen LogP contribution < -0.4 is 5.56 Å². The predicted octanol–water partition coefficient (Wildman–Crippen LogP) is 4.35. The lowest BCUT2D eigenvalue weighted by Gasteiger charge is -2.18. The molecule has 0 aliphatic carbocycles. The van der Waals surface area contributed by atoms with Gasteiger partial charge < -0.3 is 4.98 Å². The third kappa shape index (κ3) is 4.27. The fraction of sp³-hybridized carbons (Fsp3) is 0.316. The van der Waals surface area contributed by atoms with Gasteiger partial charge in [0.2, 0.25) is 0 Å². The molecule has 0 spiro atoms. The van der Waals surface area contributed by atoms with E-state index < -0.39 is 11.7 Å². The van der Waals surface area contributed by atoms with Crippen molar-refractivity contribution in [3.63, 3.8) is 0 Å². The molecular weight excluding hydrogens is 357 g/mol. The Morgan fingerprint density at radius 3 is 2.44 bits per heavy atom. The Labute approximate surface area is 153 Å². The van der Waals surface area contributed by atoms with Gasteiger partial charge in [-0.1, -0.05) is 25.5 Å². The van der Waals surface area contributed by atoms with Crippen LogP contribution >= 0.6 is 0 Å². The molecule has 1 aromatic carbocycles. The van der Waals surface area contributed by atoms with Crippen molar-refractivity contribution < 1.29 is 13.2 Å². The smallest absolute Gasteiger partial charge is 0.311 e. The average Bonchev–Trinajstić information content (AvgIpc) is 3.08. The molecule has 0 saturated heterocycles. The summed E-state index contributed by atoms with van der Waals surface area (Å²) in [6.07, 6.45) is -1.05. The highest BCUT2D eigenvalue weighted by atomic mass is 19.4. The SMILES string of the molecule is CCCC(c1ccc(C(F)(F)F)cc1)n1ccc(-c2cc(=O)[nH]c(C)n2)n1. The number of rotatable bonds is 5. The number of aromatic amines is 1. The van der Waals surface area contributed by atoms with Gasteiger partial charge in [0.15, 0.2) is 0 Å². The van der Waals surface area contributed by atoms with E-state index in [0.717, 1.165) is 24.1 Å². The molecule has 2 heterocycles. The van der Waals surface area contributed by atoms with Gasteiger partial charge in [-0.05, 0) is 37.1 Å². The number of hydrogen-bond acceptors (Lipinski definition) is 3. The Balaban J connectivity index is 1.94. The molecule has 2 aromatic heterocycles. The Morgan fingerprint density at radius 2 is 1.85 bits per heavy atom. The van der Waals surface area contributed by atoms with Crippen molar-refractivity contribution >= 4 is 0 Å². The lowest BCUT2D eigenvalue weighted by atomic mass is 10.0. The van der Waals surface area contributed by atoms with Crippen molar-refractivity contribution in [1.82, 2.24) is 19.7 Å². The zero-order valence-corrected chi connectivity index (χ0v) is 14.9. The van der Waals surface area contributed by atoms with E-state index in [9.17, 15) is 18.0 Å². The molecule has 142 valence electrons. The maximum Gasteiger partial charge on any atom is 0.416 e. The lowest BCUT2D eigenvalue weighted by Crippen LogP contribution is -2.13. The Hall–Kier alpha value is -2.90. The minimum atomic E-state index is -4.36. The maximum atomic E-state index is 12.8. The largest absolute Gasteiger partial charge is 0.416 e. The number of aromatic nitrogens is 4. The van der Waals surface area contributed by atoms with Gasteiger partial charge in [0, 0.05) is 12.3 Å². The summed E-state index contributed by atoms with van der Waals surface area (Å²) in [5.74, 6) is 0.486. The summed E-state index contributed by atoms with van der Waals surface area (Å²) in [5.41, 5.74) is 0.801. The van der Waals surface area contributed by atoms with Gasteiger partial charge in [-0.15, -0.1) is 0 Å². The predicted molar refractivity (Wildman–Crippen MR) is 95.3 cm³/mol. The molecule has 1 unspecified atom stereocenters. The summed E-state index contributed by atoms with van der Waals surface area (Å²) < 4.78 is 40.1. The number of halogens is 3. The molecule has 5 nitrogen and oxygen atoms in total. The minimum absolute atomic E-state index is 0.200. The molecule has 0 fully saturated rings. The molecule has 8 heteroatoms. The number of nitrogens with one attached hydrogen (secondary N) is 1. The molecule has 0 radical (unpaired) electrons. The van der Waals surface area contributed by atoms with Gasteiger partial charge in [-0.3, -0.25) is 9.48 Å². The Kier molecular flexibility index (Phi) is 5.16. The highest BCUT2D eigenvalue weighted by molar-refractivity contribution is 5.52. The molecule has 0 saturated carbocycles. The van der Waals surface area contributed by atoms with E-state index in [1.165, 1.54) is 18.2 Å². The van der Waals surface area contributed by atoms with Crippen molar-refractivity contribution in [2.24, 2.45) is 0 Å². The molecule has 0 bridgehead atoms. The first kappa shape index (κ1) is 18.9. The molecule has 1 atom stereocenters. The van der Waals surface area contributed by atoms with Crippen LogP contribution in [0.5, 0.6) is 0 Å². The quantitative estimate of drug-likeness (QED) is 0.720. The van der Waals surface area contributed by atoms with Crippen LogP contribution in [0.15, 0.2) is 47.4 Å². The molecule has 0 aliphatic rings. The standard InChI is InChI=1S/C19H19F3N4O/c1-3-4-17(13-5-7-14(8-6-13)19(20,21)22)26-10-9-15(25-26)16-11-18(27)24-12(2)23-16/h5-11,17H,3-4H2,1-2H3,(H,23,24,27). The highest BCUT2D eigenvalue weighted by Crippen LogP contribution is 2.31. The van der Waals surface area contributed by atoms with E-state index >= 15 is 0 Å². The van der Waals surface area contributed by atoms with Crippen LogP contribution in [0.4, 0.5) is 13.2 Å². The highest BCUT2D eigenvalue weighted by Gasteiger charge is 2.30. The number of H-pyrrole nitrogens is 1. The summed E-state index contributed by atoms with van der Waals surface area (Å²) in [7, 11) is 0. The fourth-order valence-corrected chi connectivity index (χ4v) is 2.98. The number of aryl methyl sites for hydroxylation is 1. The molecule has 27 heavy (non-hydrogen) atoms. The first-order valence-corrected chi connectivity index (χ1v) is 8.58. The summed E-state index contributed by atoms with van der Waals surface area (Å²) in [6.45, 7) is 3.69. The van der Waals surface area contributed by atoms with Crippen LogP contribution in [0.2, 0.25) is 0 Å². The van der Waals surface area contributed by atoms with Crippen molar-refractivity contribution in [3.8, 4) is 11.4 Å². The monoisotopic (exact) mass is 376 g/mol. The number of benzene rings is 1. The van der Waals surface area contributed by atoms with Gasteiger partial charge in [-0.25, -0.2) is 4.98 Å². The third-order valence-corrected chi connectivity index (χ3v) is 4.24. The van der Waals surface area contributed by atoms with E-state index in [2.05, 4.69) is 15.1 Å². The Bertz CT molecular complexity index is 974. The average molecular weight is 376 g/mol. The fourth-order valence-electron chi connectivity index (χ4n) is 2.98. The molecule has 0 amide bonds. The number of hydrogen-bond donors (Lipinski definition) is 1. The normalized spacial score (nSPS) is 12.9. The maximum absolute atomic E-state index is 12.8. The van der Waals surface area contributed by atoms with Crippen LogP contribution in [-0.2, 0) is 6.18 Å². The van der Waals surface area contributed by atoms with Crippen molar-refractivity contribution in [2.75, 3.05) is 0 Å². The van der Waals surface area contributed by atoms with Gasteiger partial charge in [0.1, 0.15) is 11.5 Å². The van der Waals surface area contributed by atoms with Crippen LogP contribution in [0, 0.1) is 6.92 Å². The van der Waals surface area contributed by atoms with Crippen LogP contribution in [-0.4, -0.2) is 19.7 Å². The van der Waals surface area contributed by atoms with Gasteiger partial charge in [0.25, 0.3) is 5.56 Å². The van der Waals surface area contributed by atoms with Gasteiger partial charge in [-0.2, -0.15) is 18.3 Å². The van der Waals surface area contributed by atoms with E-state index in [-0.39, 0.29) is 11.6 Å². The molecule has 3 aromatic rings. The second-order valence-corrected chi connectivity index (χ2v) is 6.32. The topological polar surface area (TPSA) is 63.6 Å². The van der Waals surface area contributed by atoms with E-state index in [0.29, 0.717) is 23.6 Å². The summed E-state index contributed by atoms with van der Waals surface area (Å²) in [5, 5.41) is 4.51. The van der Waals surface area contributed by atoms with Crippen molar-refractivity contribution in [1.29, 1.82) is 0 Å². The molecular formula is C19H19F3N4O. The minimum Gasteiger partial charge on any atom is -0.311 e. The van der Waals surface area contributed by atoms with Gasteiger partial charge in [0.05, 0.1) is 17.3 Å². The zero-order chi connectivity index (χ0) is 19.6. The second kappa shape index (κ2) is 7.38. The van der Waals surface area contributed by atoms with E-state index in [1.807, 2.05) is 6.92 Å². The van der Waals surface area contributed by atoms with Crippen LogP contribution in [0.1, 0.15) is 42.8 Å². The summed E-state index contributed by atoms with van der Waals surface area (Å²) >= 11 is 0. The van der Waals surface area contributed by atoms with Crippen LogP contribution in [0.25, 0.3) is 11.4 Å². The second-order valence-electron chi connectivity index (χ2n) is 6.32.